The third-order valence-electron chi connectivity index (χ3n) is 9.51. The smallest absolute Gasteiger partial charge is 0.255 e. The first kappa shape index (κ1) is 25.3. The summed E-state index contributed by atoms with van der Waals surface area (Å²) in [6.45, 7) is 6.06. The van der Waals surface area contributed by atoms with Crippen molar-refractivity contribution < 1.29 is 23.9 Å². The Kier molecular flexibility index (Phi) is 6.88. The Hall–Kier alpha value is -2.94. The van der Waals surface area contributed by atoms with Crippen molar-refractivity contribution in [1.82, 2.24) is 20.0 Å². The number of imide groups is 1. The average Bonchev–Trinajstić information content (AvgIpc) is 3.20. The van der Waals surface area contributed by atoms with Crippen LogP contribution in [0.1, 0.15) is 74.2 Å². The average molecular weight is 523 g/mol. The van der Waals surface area contributed by atoms with Gasteiger partial charge in [0, 0.05) is 57.7 Å². The molecule has 4 amide bonds. The van der Waals surface area contributed by atoms with Gasteiger partial charge in [-0.05, 0) is 74.1 Å². The number of likely N-dealkylation sites (tertiary alicyclic amines) is 2. The van der Waals surface area contributed by atoms with E-state index in [1.807, 2.05) is 23.1 Å². The van der Waals surface area contributed by atoms with Crippen molar-refractivity contribution >= 4 is 23.6 Å². The summed E-state index contributed by atoms with van der Waals surface area (Å²) in [4.78, 5) is 54.7. The van der Waals surface area contributed by atoms with Gasteiger partial charge in [-0.1, -0.05) is 6.42 Å². The summed E-state index contributed by atoms with van der Waals surface area (Å²) in [5.74, 6) is 1.59. The first-order chi connectivity index (χ1) is 18.4. The van der Waals surface area contributed by atoms with Gasteiger partial charge >= 0.3 is 0 Å². The Balaban J connectivity index is 1.06. The number of nitrogens with one attached hydrogen (secondary N) is 1. The summed E-state index contributed by atoms with van der Waals surface area (Å²) in [7, 11) is 0. The minimum absolute atomic E-state index is 0.130. The molecule has 3 saturated heterocycles. The molecular formula is C29H38N4O5. The zero-order valence-corrected chi connectivity index (χ0v) is 22.2. The molecule has 1 aliphatic carbocycles. The fourth-order valence-electron chi connectivity index (χ4n) is 7.24. The van der Waals surface area contributed by atoms with E-state index in [0.29, 0.717) is 30.5 Å². The molecule has 1 aromatic rings. The lowest BCUT2D eigenvalue weighted by Crippen LogP contribution is -2.60. The maximum Gasteiger partial charge on any atom is 0.255 e. The van der Waals surface area contributed by atoms with E-state index >= 15 is 0 Å². The number of rotatable bonds is 5. The molecule has 0 aromatic heterocycles. The van der Waals surface area contributed by atoms with Crippen LogP contribution in [0.25, 0.3) is 0 Å². The standard InChI is InChI=1S/C29H38N4O5/c1-18(34)31-12-10-19(11-13-31)21-15-32(16-21)24-4-2-3-5-26(24)38-22-6-7-23-20(14-22)17-33(29(23)37)25-8-9-27(35)30-28(25)36/h6-7,14,19,21,24-26H,2-5,8-13,15-17H2,1H3,(H,30,35,36)/t24-,25?,26+/m1/s1. The fourth-order valence-corrected chi connectivity index (χ4v) is 7.24. The molecule has 0 radical (unpaired) electrons. The molecule has 0 spiro atoms. The summed E-state index contributed by atoms with van der Waals surface area (Å²) in [5.41, 5.74) is 1.49. The molecule has 1 aromatic carbocycles. The first-order valence-electron chi connectivity index (χ1n) is 14.3. The second kappa shape index (κ2) is 10.3. The molecule has 9 nitrogen and oxygen atoms in total. The Morgan fingerprint density at radius 1 is 0.974 bits per heavy atom. The van der Waals surface area contributed by atoms with Crippen LogP contribution in [0.3, 0.4) is 0 Å². The van der Waals surface area contributed by atoms with Crippen LogP contribution in [-0.4, -0.2) is 82.7 Å². The van der Waals surface area contributed by atoms with E-state index in [9.17, 15) is 19.2 Å². The number of ether oxygens (including phenoxy) is 1. The lowest BCUT2D eigenvalue weighted by Gasteiger charge is -2.51. The highest BCUT2D eigenvalue weighted by Crippen LogP contribution is 2.38. The van der Waals surface area contributed by atoms with E-state index in [0.717, 1.165) is 75.5 Å². The number of fused-ring (bicyclic) bond motifs is 1. The Morgan fingerprint density at radius 2 is 1.74 bits per heavy atom. The van der Waals surface area contributed by atoms with E-state index in [1.165, 1.54) is 6.42 Å². The summed E-state index contributed by atoms with van der Waals surface area (Å²) in [6.07, 6.45) is 7.54. The van der Waals surface area contributed by atoms with E-state index in [4.69, 9.17) is 4.74 Å². The molecule has 4 fully saturated rings. The zero-order valence-electron chi connectivity index (χ0n) is 22.2. The van der Waals surface area contributed by atoms with Crippen molar-refractivity contribution in [3.8, 4) is 5.75 Å². The van der Waals surface area contributed by atoms with Crippen LogP contribution < -0.4 is 10.1 Å². The van der Waals surface area contributed by atoms with Crippen molar-refractivity contribution in [2.75, 3.05) is 26.2 Å². The topological polar surface area (TPSA) is 99.3 Å². The number of carbonyl (C=O) groups is 4. The Morgan fingerprint density at radius 3 is 2.47 bits per heavy atom. The van der Waals surface area contributed by atoms with Crippen LogP contribution in [0.2, 0.25) is 0 Å². The lowest BCUT2D eigenvalue weighted by atomic mass is 9.77. The number of hydrogen-bond donors (Lipinski definition) is 1. The van der Waals surface area contributed by atoms with Gasteiger partial charge in [0.05, 0.1) is 0 Å². The van der Waals surface area contributed by atoms with Crippen LogP contribution >= 0.6 is 0 Å². The van der Waals surface area contributed by atoms with Crippen LogP contribution in [0.15, 0.2) is 18.2 Å². The fraction of sp³-hybridized carbons (Fsp3) is 0.655. The largest absolute Gasteiger partial charge is 0.489 e. The van der Waals surface area contributed by atoms with E-state index in [2.05, 4.69) is 10.2 Å². The highest BCUT2D eigenvalue weighted by atomic mass is 16.5. The molecule has 38 heavy (non-hydrogen) atoms. The lowest BCUT2D eigenvalue weighted by molar-refractivity contribution is -0.137. The summed E-state index contributed by atoms with van der Waals surface area (Å²) >= 11 is 0. The molecule has 6 rings (SSSR count). The first-order valence-corrected chi connectivity index (χ1v) is 14.3. The van der Waals surface area contributed by atoms with E-state index in [1.54, 1.807) is 11.8 Å². The van der Waals surface area contributed by atoms with Crippen molar-refractivity contribution in [2.24, 2.45) is 11.8 Å². The van der Waals surface area contributed by atoms with Gasteiger partial charge in [-0.3, -0.25) is 29.4 Å². The maximum absolute atomic E-state index is 13.0. The molecular weight excluding hydrogens is 484 g/mol. The van der Waals surface area contributed by atoms with Crippen LogP contribution in [0.4, 0.5) is 0 Å². The molecule has 1 saturated carbocycles. The van der Waals surface area contributed by atoms with Crippen LogP contribution in [0, 0.1) is 11.8 Å². The van der Waals surface area contributed by atoms with Crippen molar-refractivity contribution in [2.45, 2.75) is 83.0 Å². The van der Waals surface area contributed by atoms with Gasteiger partial charge < -0.3 is 14.5 Å². The number of nitrogens with zero attached hydrogens (tertiary/aromatic N) is 3. The molecule has 9 heteroatoms. The molecule has 0 bridgehead atoms. The van der Waals surface area contributed by atoms with Gasteiger partial charge in [0.2, 0.25) is 17.7 Å². The molecule has 204 valence electrons. The molecule has 4 heterocycles. The highest BCUT2D eigenvalue weighted by Gasteiger charge is 2.43. The van der Waals surface area contributed by atoms with Crippen molar-refractivity contribution in [3.63, 3.8) is 0 Å². The molecule has 3 atom stereocenters. The number of benzene rings is 1. The third-order valence-corrected chi connectivity index (χ3v) is 9.51. The summed E-state index contributed by atoms with van der Waals surface area (Å²) < 4.78 is 6.58. The van der Waals surface area contributed by atoms with Gasteiger partial charge in [-0.25, -0.2) is 0 Å². The normalized spacial score (nSPS) is 29.2. The minimum atomic E-state index is -0.603. The molecule has 5 aliphatic rings. The predicted octanol–water partition coefficient (Wildman–Crippen LogP) is 2.33. The van der Waals surface area contributed by atoms with Crippen LogP contribution in [-0.2, 0) is 20.9 Å². The van der Waals surface area contributed by atoms with Crippen LogP contribution in [0.5, 0.6) is 5.75 Å². The second-order valence-electron chi connectivity index (χ2n) is 11.8. The van der Waals surface area contributed by atoms with Crippen molar-refractivity contribution in [1.29, 1.82) is 0 Å². The predicted molar refractivity (Wildman–Crippen MR) is 139 cm³/mol. The van der Waals surface area contributed by atoms with Gasteiger partial charge in [-0.15, -0.1) is 0 Å². The van der Waals surface area contributed by atoms with E-state index < -0.39 is 6.04 Å². The van der Waals surface area contributed by atoms with Gasteiger partial charge in [0.25, 0.3) is 5.91 Å². The SMILES string of the molecule is CC(=O)N1CCC(C2CN([C@@H]3CCCC[C@@H]3Oc3ccc4c(c3)CN(C3CCC(=O)NC3=O)C4=O)C2)CC1. The zero-order chi connectivity index (χ0) is 26.4. The number of hydrogen-bond acceptors (Lipinski definition) is 6. The Bertz CT molecular complexity index is 1120. The Labute approximate surface area is 223 Å². The van der Waals surface area contributed by atoms with E-state index in [-0.39, 0.29) is 36.2 Å². The van der Waals surface area contributed by atoms with Gasteiger partial charge in [0.1, 0.15) is 17.9 Å². The van der Waals surface area contributed by atoms with Gasteiger partial charge in [0.15, 0.2) is 0 Å². The number of carbonyl (C=O) groups excluding carboxylic acids is 4. The monoisotopic (exact) mass is 522 g/mol. The number of piperidine rings is 2. The maximum atomic E-state index is 13.0. The minimum Gasteiger partial charge on any atom is -0.489 e. The molecule has 1 unspecified atom stereocenters. The molecule has 4 aliphatic heterocycles. The second-order valence-corrected chi connectivity index (χ2v) is 11.8. The summed E-state index contributed by atoms with van der Waals surface area (Å²) in [6, 6.07) is 5.48. The molecule has 1 N–H and O–H groups in total. The summed E-state index contributed by atoms with van der Waals surface area (Å²) in [5, 5.41) is 2.36. The quantitative estimate of drug-likeness (QED) is 0.596. The number of amides is 4. The van der Waals surface area contributed by atoms with Crippen molar-refractivity contribution in [3.05, 3.63) is 29.3 Å². The van der Waals surface area contributed by atoms with Gasteiger partial charge in [-0.2, -0.15) is 0 Å². The highest BCUT2D eigenvalue weighted by molar-refractivity contribution is 6.05. The third kappa shape index (κ3) is 4.81.